The molecule has 32 heavy (non-hydrogen) atoms. The zero-order valence-corrected chi connectivity index (χ0v) is 22.1. The van der Waals surface area contributed by atoms with Gasteiger partial charge in [0.05, 0.1) is 12.6 Å². The van der Waals surface area contributed by atoms with Crippen LogP contribution < -0.4 is 16.0 Å². The predicted octanol–water partition coefficient (Wildman–Crippen LogP) is 2.49. The molecule has 0 bridgehead atoms. The summed E-state index contributed by atoms with van der Waals surface area (Å²) in [5.41, 5.74) is 2.26. The number of halogens is 1. The van der Waals surface area contributed by atoms with Gasteiger partial charge in [-0.3, -0.25) is 9.89 Å². The second-order valence-corrected chi connectivity index (χ2v) is 8.84. The number of aliphatic hydroxyl groups excluding tert-OH is 1. The Kier molecular flexibility index (Phi) is 12.9. The number of benzene rings is 1. The lowest BCUT2D eigenvalue weighted by Gasteiger charge is -2.30. The maximum absolute atomic E-state index is 11.6. The molecule has 1 heterocycles. The Morgan fingerprint density at radius 1 is 1.19 bits per heavy atom. The summed E-state index contributed by atoms with van der Waals surface area (Å²) >= 11 is 0. The third kappa shape index (κ3) is 11.3. The monoisotopic (exact) mass is 561 g/mol. The fourth-order valence-corrected chi connectivity index (χ4v) is 3.40. The van der Waals surface area contributed by atoms with Crippen molar-refractivity contribution in [2.75, 3.05) is 39.3 Å². The van der Waals surface area contributed by atoms with Gasteiger partial charge in [-0.05, 0) is 51.7 Å². The van der Waals surface area contributed by atoms with E-state index in [-0.39, 0.29) is 24.0 Å². The minimum absolute atomic E-state index is 0. The Hall–Kier alpha value is -1.59. The molecule has 0 spiro atoms. The van der Waals surface area contributed by atoms with E-state index in [4.69, 9.17) is 4.74 Å². The molecule has 1 aromatic rings. The second kappa shape index (κ2) is 14.5. The lowest BCUT2D eigenvalue weighted by Crippen LogP contribution is -2.41. The SMILES string of the molecule is CCNC(=NCC(O)CN1CCc2ccccc2C1)NCCCNC(=O)OC(C)(C)C.I. The molecule has 1 amide bonds. The molecule has 0 fully saturated rings. The molecular weight excluding hydrogens is 521 g/mol. The van der Waals surface area contributed by atoms with Gasteiger partial charge in [0.25, 0.3) is 0 Å². The van der Waals surface area contributed by atoms with E-state index in [1.54, 1.807) is 0 Å². The van der Waals surface area contributed by atoms with Crippen LogP contribution in [0.15, 0.2) is 29.3 Å². The van der Waals surface area contributed by atoms with Gasteiger partial charge in [0.1, 0.15) is 5.60 Å². The number of ether oxygens (including phenoxy) is 1. The minimum atomic E-state index is -0.519. The summed E-state index contributed by atoms with van der Waals surface area (Å²) in [7, 11) is 0. The van der Waals surface area contributed by atoms with Crippen LogP contribution in [-0.4, -0.2) is 73.0 Å². The van der Waals surface area contributed by atoms with E-state index in [1.165, 1.54) is 11.1 Å². The van der Waals surface area contributed by atoms with Crippen LogP contribution in [0.5, 0.6) is 0 Å². The molecule has 0 saturated heterocycles. The summed E-state index contributed by atoms with van der Waals surface area (Å²) in [6, 6.07) is 8.50. The molecule has 0 radical (unpaired) electrons. The summed E-state index contributed by atoms with van der Waals surface area (Å²) in [5, 5.41) is 19.6. The van der Waals surface area contributed by atoms with Crippen molar-refractivity contribution in [3.8, 4) is 0 Å². The first-order chi connectivity index (χ1) is 14.8. The number of carbonyl (C=O) groups is 1. The van der Waals surface area contributed by atoms with Gasteiger partial charge in [-0.1, -0.05) is 24.3 Å². The number of alkyl carbamates (subject to hydrolysis) is 1. The normalized spacial score (nSPS) is 15.2. The average Bonchev–Trinajstić information content (AvgIpc) is 2.70. The number of carbonyl (C=O) groups excluding carboxylic acids is 1. The van der Waals surface area contributed by atoms with Crippen LogP contribution in [0.2, 0.25) is 0 Å². The third-order valence-corrected chi connectivity index (χ3v) is 4.80. The Balaban J connectivity index is 0.00000512. The van der Waals surface area contributed by atoms with E-state index in [0.717, 1.165) is 32.5 Å². The number of nitrogens with zero attached hydrogens (tertiary/aromatic N) is 2. The first-order valence-electron chi connectivity index (χ1n) is 11.2. The number of fused-ring (bicyclic) bond motifs is 1. The lowest BCUT2D eigenvalue weighted by molar-refractivity contribution is 0.0527. The molecule has 2 rings (SSSR count). The van der Waals surface area contributed by atoms with E-state index in [9.17, 15) is 9.90 Å². The predicted molar refractivity (Wildman–Crippen MR) is 140 cm³/mol. The van der Waals surface area contributed by atoms with Gasteiger partial charge < -0.3 is 25.8 Å². The highest BCUT2D eigenvalue weighted by molar-refractivity contribution is 14.0. The largest absolute Gasteiger partial charge is 0.444 e. The number of β-amino-alcohol motifs (C(OH)–C–C–N with tert-alkyl or cyclic N) is 1. The van der Waals surface area contributed by atoms with Crippen molar-refractivity contribution in [3.05, 3.63) is 35.4 Å². The smallest absolute Gasteiger partial charge is 0.407 e. The standard InChI is InChI=1S/C23H39N5O3.HI/c1-5-24-21(25-12-8-13-26-22(30)31-23(2,3)4)27-15-20(29)17-28-14-11-18-9-6-7-10-19(18)16-28;/h6-7,9-10,20,29H,5,8,11-17H2,1-4H3,(H,26,30)(H2,24,25,27);1H. The molecule has 9 heteroatoms. The number of amides is 1. The molecule has 1 aliphatic heterocycles. The Labute approximate surface area is 209 Å². The van der Waals surface area contributed by atoms with Gasteiger partial charge in [-0.2, -0.15) is 0 Å². The van der Waals surface area contributed by atoms with Crippen molar-refractivity contribution >= 4 is 36.0 Å². The molecule has 182 valence electrons. The molecule has 1 aromatic carbocycles. The van der Waals surface area contributed by atoms with Gasteiger partial charge >= 0.3 is 6.09 Å². The molecule has 0 saturated carbocycles. The highest BCUT2D eigenvalue weighted by Crippen LogP contribution is 2.18. The molecular formula is C23H40IN5O3. The maximum Gasteiger partial charge on any atom is 0.407 e. The number of nitrogens with one attached hydrogen (secondary N) is 3. The first-order valence-corrected chi connectivity index (χ1v) is 11.2. The van der Waals surface area contributed by atoms with Gasteiger partial charge in [0.15, 0.2) is 5.96 Å². The van der Waals surface area contributed by atoms with Crippen molar-refractivity contribution in [2.45, 2.75) is 58.8 Å². The Morgan fingerprint density at radius 3 is 2.56 bits per heavy atom. The van der Waals surface area contributed by atoms with Gasteiger partial charge in [0.2, 0.25) is 0 Å². The van der Waals surface area contributed by atoms with Crippen LogP contribution in [0.4, 0.5) is 4.79 Å². The molecule has 0 aliphatic carbocycles. The minimum Gasteiger partial charge on any atom is -0.444 e. The summed E-state index contributed by atoms with van der Waals surface area (Å²) in [6.07, 6.45) is 0.832. The van der Waals surface area contributed by atoms with Crippen LogP contribution in [0, 0.1) is 0 Å². The summed E-state index contributed by atoms with van der Waals surface area (Å²) in [4.78, 5) is 18.4. The van der Waals surface area contributed by atoms with Gasteiger partial charge in [0, 0.05) is 39.3 Å². The highest BCUT2D eigenvalue weighted by atomic mass is 127. The lowest BCUT2D eigenvalue weighted by atomic mass is 10.00. The summed E-state index contributed by atoms with van der Waals surface area (Å²) in [5.74, 6) is 0.669. The van der Waals surface area contributed by atoms with Crippen molar-refractivity contribution in [1.29, 1.82) is 0 Å². The number of hydrogen-bond acceptors (Lipinski definition) is 5. The van der Waals surface area contributed by atoms with Crippen molar-refractivity contribution in [2.24, 2.45) is 4.99 Å². The highest BCUT2D eigenvalue weighted by Gasteiger charge is 2.18. The average molecular weight is 562 g/mol. The van der Waals surface area contributed by atoms with E-state index in [2.05, 4.69) is 50.1 Å². The second-order valence-electron chi connectivity index (χ2n) is 8.84. The summed E-state index contributed by atoms with van der Waals surface area (Å²) in [6.45, 7) is 12.2. The van der Waals surface area contributed by atoms with E-state index in [1.807, 2.05) is 27.7 Å². The topological polar surface area (TPSA) is 98.2 Å². The van der Waals surface area contributed by atoms with Crippen LogP contribution >= 0.6 is 24.0 Å². The Bertz CT molecular complexity index is 724. The number of aliphatic imine (C=N–C) groups is 1. The van der Waals surface area contributed by atoms with Gasteiger partial charge in [-0.25, -0.2) is 4.79 Å². The number of guanidine groups is 1. The van der Waals surface area contributed by atoms with Crippen LogP contribution in [0.3, 0.4) is 0 Å². The van der Waals surface area contributed by atoms with Crippen molar-refractivity contribution in [1.82, 2.24) is 20.9 Å². The molecule has 8 nitrogen and oxygen atoms in total. The molecule has 0 aromatic heterocycles. The number of rotatable bonds is 9. The third-order valence-electron chi connectivity index (χ3n) is 4.80. The van der Waals surface area contributed by atoms with Crippen molar-refractivity contribution < 1.29 is 14.6 Å². The van der Waals surface area contributed by atoms with Crippen LogP contribution in [0.25, 0.3) is 0 Å². The van der Waals surface area contributed by atoms with Crippen molar-refractivity contribution in [3.63, 3.8) is 0 Å². The van der Waals surface area contributed by atoms with Crippen LogP contribution in [0.1, 0.15) is 45.2 Å². The number of aliphatic hydroxyl groups is 1. The maximum atomic E-state index is 11.6. The first kappa shape index (κ1) is 28.4. The molecule has 1 aliphatic rings. The summed E-state index contributed by atoms with van der Waals surface area (Å²) < 4.78 is 5.21. The molecule has 1 unspecified atom stereocenters. The fourth-order valence-electron chi connectivity index (χ4n) is 3.40. The van der Waals surface area contributed by atoms with Crippen LogP contribution in [-0.2, 0) is 17.7 Å². The molecule has 4 N–H and O–H groups in total. The Morgan fingerprint density at radius 2 is 1.88 bits per heavy atom. The van der Waals surface area contributed by atoms with Gasteiger partial charge in [-0.15, -0.1) is 24.0 Å². The van der Waals surface area contributed by atoms with E-state index < -0.39 is 17.8 Å². The zero-order valence-electron chi connectivity index (χ0n) is 19.8. The van der Waals surface area contributed by atoms with E-state index >= 15 is 0 Å². The zero-order chi connectivity index (χ0) is 22.7. The van der Waals surface area contributed by atoms with E-state index in [0.29, 0.717) is 32.1 Å². The quantitative estimate of drug-likeness (QED) is 0.160. The molecule has 1 atom stereocenters. The fraction of sp³-hybridized carbons (Fsp3) is 0.652. The number of hydrogen-bond donors (Lipinski definition) is 4.